The molecule has 0 bridgehead atoms. The highest BCUT2D eigenvalue weighted by Gasteiger charge is 2.32. The number of aryl methyl sites for hydroxylation is 1. The molecule has 22 heavy (non-hydrogen) atoms. The molecule has 1 atom stereocenters. The van der Waals surface area contributed by atoms with Gasteiger partial charge in [-0.1, -0.05) is 31.2 Å². The predicted octanol–water partition coefficient (Wildman–Crippen LogP) is 2.74. The molecule has 0 fully saturated rings. The predicted molar refractivity (Wildman–Crippen MR) is 83.9 cm³/mol. The molecule has 0 spiro atoms. The van der Waals surface area contributed by atoms with Gasteiger partial charge >= 0.3 is 21.5 Å². The molecule has 116 valence electrons. The molecule has 5 nitrogen and oxygen atoms in total. The second kappa shape index (κ2) is 5.28. The van der Waals surface area contributed by atoms with Crippen LogP contribution in [0, 0.1) is 6.92 Å². The second-order valence-electron chi connectivity index (χ2n) is 5.34. The molecule has 0 saturated heterocycles. The van der Waals surface area contributed by atoms with Gasteiger partial charge in [0.1, 0.15) is 0 Å². The number of aromatic nitrogens is 1. The quantitative estimate of drug-likeness (QED) is 0.694. The lowest BCUT2D eigenvalue weighted by Gasteiger charge is -2.05. The fraction of sp³-hybridized carbons (Fsp3) is 0.312. The molecule has 0 saturated carbocycles. The summed E-state index contributed by atoms with van der Waals surface area (Å²) in [4.78, 5) is 0. The Morgan fingerprint density at radius 3 is 2.68 bits per heavy atom. The first-order valence-corrected chi connectivity index (χ1v) is 8.68. The van der Waals surface area contributed by atoms with Crippen LogP contribution in [0.4, 0.5) is 0 Å². The van der Waals surface area contributed by atoms with E-state index in [0.29, 0.717) is 23.4 Å². The van der Waals surface area contributed by atoms with Gasteiger partial charge in [0.25, 0.3) is 0 Å². The molecule has 2 aromatic carbocycles. The first-order valence-electron chi connectivity index (χ1n) is 7.20. The van der Waals surface area contributed by atoms with Crippen molar-refractivity contribution in [2.24, 2.45) is 0 Å². The third-order valence-electron chi connectivity index (χ3n) is 3.86. The molecule has 0 amide bonds. The molecular formula is C16H18NO4S+. The maximum Gasteiger partial charge on any atom is 0.396 e. The second-order valence-corrected chi connectivity index (χ2v) is 7.27. The van der Waals surface area contributed by atoms with Gasteiger partial charge in [-0.05, 0) is 30.9 Å². The zero-order valence-corrected chi connectivity index (χ0v) is 13.6. The van der Waals surface area contributed by atoms with Gasteiger partial charge in [0.15, 0.2) is 0 Å². The first-order chi connectivity index (χ1) is 10.4. The van der Waals surface area contributed by atoms with Crippen molar-refractivity contribution in [2.45, 2.75) is 32.4 Å². The maximum atomic E-state index is 12.3. The Morgan fingerprint density at radius 2 is 1.95 bits per heavy atom. The maximum absolute atomic E-state index is 12.3. The fourth-order valence-corrected chi connectivity index (χ4v) is 3.30. The van der Waals surface area contributed by atoms with Crippen LogP contribution in [0.15, 0.2) is 40.8 Å². The Morgan fingerprint density at radius 1 is 1.23 bits per heavy atom. The molecule has 3 aromatic rings. The Balaban J connectivity index is 2.25. The minimum absolute atomic E-state index is 0.387. The van der Waals surface area contributed by atoms with Gasteiger partial charge in [-0.3, -0.25) is 0 Å². The van der Waals surface area contributed by atoms with Gasteiger partial charge in [-0.25, -0.2) is 0 Å². The molecular weight excluding hydrogens is 302 g/mol. The fourth-order valence-electron chi connectivity index (χ4n) is 2.36. The summed E-state index contributed by atoms with van der Waals surface area (Å²) in [6, 6.07) is 11.5. The number of hydrogen-bond acceptors (Lipinski definition) is 4. The van der Waals surface area contributed by atoms with Crippen LogP contribution in [0.5, 0.6) is 0 Å². The van der Waals surface area contributed by atoms with E-state index in [1.807, 2.05) is 43.3 Å². The van der Waals surface area contributed by atoms with Crippen molar-refractivity contribution < 1.29 is 21.8 Å². The van der Waals surface area contributed by atoms with E-state index in [-0.39, 0.29) is 0 Å². The minimum atomic E-state index is -3.71. The summed E-state index contributed by atoms with van der Waals surface area (Å²) in [6.45, 7) is 5.12. The molecule has 3 rings (SSSR count). The van der Waals surface area contributed by atoms with Crippen LogP contribution in [0.1, 0.15) is 26.2 Å². The van der Waals surface area contributed by atoms with Gasteiger partial charge in [-0.2, -0.15) is 8.42 Å². The van der Waals surface area contributed by atoms with E-state index in [1.165, 1.54) is 4.73 Å². The highest BCUT2D eigenvalue weighted by atomic mass is 32.2. The summed E-state index contributed by atoms with van der Waals surface area (Å²) in [7, 11) is -3.71. The van der Waals surface area contributed by atoms with E-state index < -0.39 is 15.4 Å². The Bertz CT molecular complexity index is 943. The smallest absolute Gasteiger partial charge is 0.396 e. The number of nitrogens with zero attached hydrogens (tertiary/aromatic N) is 1. The average molecular weight is 320 g/mol. The number of benzene rings is 2. The van der Waals surface area contributed by atoms with Crippen molar-refractivity contribution in [3.8, 4) is 0 Å². The van der Waals surface area contributed by atoms with E-state index in [1.54, 1.807) is 13.8 Å². The largest absolute Gasteiger partial charge is 0.398 e. The molecule has 1 unspecified atom stereocenters. The summed E-state index contributed by atoms with van der Waals surface area (Å²) in [5.74, 6) is 0.387. The molecule has 0 aliphatic rings. The van der Waals surface area contributed by atoms with Crippen LogP contribution in [0.2, 0.25) is 0 Å². The third-order valence-corrected chi connectivity index (χ3v) is 5.53. The summed E-state index contributed by atoms with van der Waals surface area (Å²) in [5, 5.41) is 1.30. The Labute approximate surface area is 129 Å². The summed E-state index contributed by atoms with van der Waals surface area (Å²) >= 11 is 0. The van der Waals surface area contributed by atoms with Gasteiger partial charge in [0, 0.05) is 0 Å². The number of hydrogen-bond donors (Lipinski definition) is 0. The summed E-state index contributed by atoms with van der Waals surface area (Å²) in [5.41, 5.74) is 1.22. The zero-order chi connectivity index (χ0) is 15.9. The topological polar surface area (TPSA) is 60.4 Å². The normalized spacial score (nSPS) is 13.6. The van der Waals surface area contributed by atoms with Crippen LogP contribution in [-0.2, 0) is 10.1 Å². The van der Waals surface area contributed by atoms with Crippen molar-refractivity contribution in [3.63, 3.8) is 0 Å². The van der Waals surface area contributed by atoms with E-state index in [4.69, 9.17) is 8.70 Å². The summed E-state index contributed by atoms with van der Waals surface area (Å²) in [6.07, 6.45) is 0.485. The van der Waals surface area contributed by atoms with E-state index in [9.17, 15) is 8.42 Å². The van der Waals surface area contributed by atoms with E-state index >= 15 is 0 Å². The van der Waals surface area contributed by atoms with Crippen molar-refractivity contribution in [2.75, 3.05) is 0 Å². The lowest BCUT2D eigenvalue weighted by atomic mass is 10.1. The van der Waals surface area contributed by atoms with Gasteiger partial charge in [0.05, 0.1) is 22.3 Å². The highest BCUT2D eigenvalue weighted by molar-refractivity contribution is 7.87. The third kappa shape index (κ3) is 2.33. The molecule has 0 radical (unpaired) electrons. The van der Waals surface area contributed by atoms with Gasteiger partial charge in [0.2, 0.25) is 5.58 Å². The van der Waals surface area contributed by atoms with Crippen LogP contribution >= 0.6 is 0 Å². The van der Waals surface area contributed by atoms with Crippen molar-refractivity contribution in [1.29, 1.82) is 0 Å². The standard InChI is InChI=1S/C16H18NO4S/c1-4-11(2)22(18,19)21-17-12(3)20-15-10-9-13-7-5-6-8-14(13)16(15)17/h5-11H,4H2,1-3H3/q+1. The average Bonchev–Trinajstić information content (AvgIpc) is 2.82. The lowest BCUT2D eigenvalue weighted by Crippen LogP contribution is -2.49. The molecule has 0 aliphatic heterocycles. The molecule has 0 aliphatic carbocycles. The van der Waals surface area contributed by atoms with E-state index in [0.717, 1.165) is 10.8 Å². The van der Waals surface area contributed by atoms with Crippen LogP contribution in [0.3, 0.4) is 0 Å². The van der Waals surface area contributed by atoms with E-state index in [2.05, 4.69) is 0 Å². The zero-order valence-electron chi connectivity index (χ0n) is 12.7. The van der Waals surface area contributed by atoms with Crippen molar-refractivity contribution in [3.05, 3.63) is 42.3 Å². The molecule has 1 aromatic heterocycles. The molecule has 6 heteroatoms. The van der Waals surface area contributed by atoms with Crippen LogP contribution in [0.25, 0.3) is 21.9 Å². The van der Waals surface area contributed by atoms with Crippen LogP contribution in [-0.4, -0.2) is 13.7 Å². The number of rotatable bonds is 4. The first kappa shape index (κ1) is 14.8. The molecule has 1 heterocycles. The van der Waals surface area contributed by atoms with Crippen molar-refractivity contribution in [1.82, 2.24) is 0 Å². The number of oxazole rings is 1. The van der Waals surface area contributed by atoms with Crippen molar-refractivity contribution >= 4 is 32.0 Å². The monoisotopic (exact) mass is 320 g/mol. The highest BCUT2D eigenvalue weighted by Crippen LogP contribution is 2.24. The molecule has 0 N–H and O–H groups in total. The summed E-state index contributed by atoms with van der Waals surface area (Å²) < 4.78 is 36.8. The van der Waals surface area contributed by atoms with Gasteiger partial charge < -0.3 is 4.42 Å². The minimum Gasteiger partial charge on any atom is -0.398 e. The lowest BCUT2D eigenvalue weighted by molar-refractivity contribution is -0.842. The Kier molecular flexibility index (Phi) is 3.56. The number of fused-ring (bicyclic) bond motifs is 3. The van der Waals surface area contributed by atoms with Gasteiger partial charge in [-0.15, -0.1) is 4.28 Å². The SMILES string of the molecule is CCC(C)S(=O)(=O)O[n+]1c(C)oc2ccc3ccccc3c21. The van der Waals surface area contributed by atoms with Crippen LogP contribution < -0.4 is 9.01 Å². The Hall–Kier alpha value is -2.08.